The van der Waals surface area contributed by atoms with E-state index in [2.05, 4.69) is 0 Å². The van der Waals surface area contributed by atoms with E-state index in [1.165, 1.54) is 0 Å². The van der Waals surface area contributed by atoms with Gasteiger partial charge in [-0.1, -0.05) is 24.3 Å². The van der Waals surface area contributed by atoms with E-state index in [9.17, 15) is 35.1 Å². The SMILES string of the molecule is FC(F)c1c(-c2cccc(C(F)(F)F)c2)cccc1C(F)(F)F. The summed E-state index contributed by atoms with van der Waals surface area (Å²) in [4.78, 5) is 0. The fraction of sp³-hybridized carbons (Fsp3) is 0.200. The summed E-state index contributed by atoms with van der Waals surface area (Å²) >= 11 is 0. The Labute approximate surface area is 125 Å². The van der Waals surface area contributed by atoms with Crippen LogP contribution in [-0.2, 0) is 12.4 Å². The number of alkyl halides is 8. The van der Waals surface area contributed by atoms with Gasteiger partial charge in [-0.05, 0) is 29.3 Å². The molecule has 0 aliphatic heterocycles. The molecule has 8 heteroatoms. The lowest BCUT2D eigenvalue weighted by Gasteiger charge is -2.17. The van der Waals surface area contributed by atoms with Crippen LogP contribution in [0.3, 0.4) is 0 Å². The van der Waals surface area contributed by atoms with Crippen LogP contribution in [0.1, 0.15) is 23.1 Å². The molecule has 0 aliphatic carbocycles. The fourth-order valence-corrected chi connectivity index (χ4v) is 2.16. The molecule has 0 spiro atoms. The smallest absolute Gasteiger partial charge is 0.205 e. The molecule has 2 aromatic rings. The molecule has 0 unspecified atom stereocenters. The van der Waals surface area contributed by atoms with E-state index in [0.29, 0.717) is 18.2 Å². The van der Waals surface area contributed by atoms with Gasteiger partial charge in [0.1, 0.15) is 0 Å². The Kier molecular flexibility index (Phi) is 4.37. The molecule has 124 valence electrons. The molecule has 0 saturated heterocycles. The molecule has 0 N–H and O–H groups in total. The summed E-state index contributed by atoms with van der Waals surface area (Å²) in [5, 5.41) is 0. The second kappa shape index (κ2) is 5.82. The Bertz CT molecular complexity index is 697. The van der Waals surface area contributed by atoms with Gasteiger partial charge in [-0.2, -0.15) is 26.3 Å². The van der Waals surface area contributed by atoms with Crippen molar-refractivity contribution in [3.05, 3.63) is 59.2 Å². The summed E-state index contributed by atoms with van der Waals surface area (Å²) in [5.41, 5.74) is -4.98. The lowest BCUT2D eigenvalue weighted by molar-refractivity contribution is -0.139. The average molecular weight is 340 g/mol. The third kappa shape index (κ3) is 3.62. The maximum Gasteiger partial charge on any atom is 0.416 e. The van der Waals surface area contributed by atoms with Crippen LogP contribution in [0.4, 0.5) is 35.1 Å². The van der Waals surface area contributed by atoms with Crippen LogP contribution in [0.5, 0.6) is 0 Å². The predicted octanol–water partition coefficient (Wildman–Crippen LogP) is 6.33. The Morgan fingerprint density at radius 2 is 1.35 bits per heavy atom. The molecule has 0 heterocycles. The van der Waals surface area contributed by atoms with Crippen molar-refractivity contribution in [2.24, 2.45) is 0 Å². The van der Waals surface area contributed by atoms with Crippen molar-refractivity contribution < 1.29 is 35.1 Å². The van der Waals surface area contributed by atoms with Gasteiger partial charge < -0.3 is 0 Å². The molecule has 0 nitrogen and oxygen atoms in total. The monoisotopic (exact) mass is 340 g/mol. The summed E-state index contributed by atoms with van der Waals surface area (Å²) in [6.07, 6.45) is -13.3. The van der Waals surface area contributed by atoms with E-state index in [4.69, 9.17) is 0 Å². The third-order valence-electron chi connectivity index (χ3n) is 3.13. The minimum Gasteiger partial charge on any atom is -0.205 e. The molecule has 0 bridgehead atoms. The average Bonchev–Trinajstić information content (AvgIpc) is 2.44. The van der Waals surface area contributed by atoms with Crippen LogP contribution in [0, 0.1) is 0 Å². The van der Waals surface area contributed by atoms with E-state index < -0.39 is 41.0 Å². The Morgan fingerprint density at radius 1 is 0.739 bits per heavy atom. The highest BCUT2D eigenvalue weighted by Gasteiger charge is 2.37. The van der Waals surface area contributed by atoms with Crippen LogP contribution < -0.4 is 0 Å². The summed E-state index contributed by atoms with van der Waals surface area (Å²) in [6.45, 7) is 0. The highest BCUT2D eigenvalue weighted by Crippen LogP contribution is 2.42. The number of hydrogen-bond donors (Lipinski definition) is 0. The lowest BCUT2D eigenvalue weighted by atomic mass is 9.94. The van der Waals surface area contributed by atoms with Crippen LogP contribution in [0.25, 0.3) is 11.1 Å². The van der Waals surface area contributed by atoms with Gasteiger partial charge in [0.05, 0.1) is 11.1 Å². The molecule has 0 atom stereocenters. The summed E-state index contributed by atoms with van der Waals surface area (Å²) in [5.74, 6) is 0. The molecule has 0 aliphatic rings. The quantitative estimate of drug-likeness (QED) is 0.561. The Hall–Kier alpha value is -2.12. The number of hydrogen-bond acceptors (Lipinski definition) is 0. The van der Waals surface area contributed by atoms with Gasteiger partial charge in [0.15, 0.2) is 0 Å². The van der Waals surface area contributed by atoms with Crippen molar-refractivity contribution in [2.75, 3.05) is 0 Å². The van der Waals surface area contributed by atoms with Crippen molar-refractivity contribution in [1.29, 1.82) is 0 Å². The highest BCUT2D eigenvalue weighted by atomic mass is 19.4. The van der Waals surface area contributed by atoms with E-state index in [1.807, 2.05) is 0 Å². The highest BCUT2D eigenvalue weighted by molar-refractivity contribution is 5.70. The second-order valence-corrected chi connectivity index (χ2v) is 4.64. The van der Waals surface area contributed by atoms with Gasteiger partial charge >= 0.3 is 12.4 Å². The van der Waals surface area contributed by atoms with Gasteiger partial charge in [0.2, 0.25) is 0 Å². The standard InChI is InChI=1S/C15H8F8/c16-13(17)12-10(5-2-6-11(12)15(21,22)23)8-3-1-4-9(7-8)14(18,19)20/h1-7,13H. The van der Waals surface area contributed by atoms with E-state index in [1.54, 1.807) is 0 Å². The van der Waals surface area contributed by atoms with Gasteiger partial charge in [0.25, 0.3) is 6.43 Å². The molecule has 23 heavy (non-hydrogen) atoms. The first-order valence-corrected chi connectivity index (χ1v) is 6.17. The summed E-state index contributed by atoms with van der Waals surface area (Å²) < 4.78 is 103. The second-order valence-electron chi connectivity index (χ2n) is 4.64. The molecular weight excluding hydrogens is 332 g/mol. The largest absolute Gasteiger partial charge is 0.416 e. The van der Waals surface area contributed by atoms with Crippen LogP contribution in [-0.4, -0.2) is 0 Å². The predicted molar refractivity (Wildman–Crippen MR) is 66.8 cm³/mol. The lowest BCUT2D eigenvalue weighted by Crippen LogP contribution is -2.11. The molecule has 2 aromatic carbocycles. The maximum atomic E-state index is 13.1. The molecule has 0 saturated carbocycles. The summed E-state index contributed by atoms with van der Waals surface area (Å²) in [7, 11) is 0. The molecule has 0 fully saturated rings. The fourth-order valence-electron chi connectivity index (χ4n) is 2.16. The van der Waals surface area contributed by atoms with Gasteiger partial charge in [-0.15, -0.1) is 0 Å². The first kappa shape index (κ1) is 17.2. The van der Waals surface area contributed by atoms with E-state index in [0.717, 1.165) is 24.3 Å². The van der Waals surface area contributed by atoms with E-state index >= 15 is 0 Å². The molecular formula is C15H8F8. The first-order valence-electron chi connectivity index (χ1n) is 6.17. The zero-order valence-electron chi connectivity index (χ0n) is 11.1. The van der Waals surface area contributed by atoms with Gasteiger partial charge in [-0.3, -0.25) is 0 Å². The van der Waals surface area contributed by atoms with Crippen molar-refractivity contribution in [3.8, 4) is 11.1 Å². The zero-order chi connectivity index (χ0) is 17.4. The molecule has 2 rings (SSSR count). The van der Waals surface area contributed by atoms with Crippen molar-refractivity contribution in [1.82, 2.24) is 0 Å². The minimum absolute atomic E-state index is 0.360. The Morgan fingerprint density at radius 3 is 1.87 bits per heavy atom. The van der Waals surface area contributed by atoms with Gasteiger partial charge in [-0.25, -0.2) is 8.78 Å². The molecule has 0 amide bonds. The normalized spacial score (nSPS) is 12.7. The van der Waals surface area contributed by atoms with Crippen LogP contribution in [0.2, 0.25) is 0 Å². The van der Waals surface area contributed by atoms with Crippen LogP contribution in [0.15, 0.2) is 42.5 Å². The number of rotatable bonds is 2. The topological polar surface area (TPSA) is 0 Å². The van der Waals surface area contributed by atoms with Crippen LogP contribution >= 0.6 is 0 Å². The minimum atomic E-state index is -5.04. The number of benzene rings is 2. The zero-order valence-corrected chi connectivity index (χ0v) is 11.1. The van der Waals surface area contributed by atoms with Crippen molar-refractivity contribution in [3.63, 3.8) is 0 Å². The first-order chi connectivity index (χ1) is 10.5. The molecule has 0 aromatic heterocycles. The van der Waals surface area contributed by atoms with E-state index in [-0.39, 0.29) is 5.56 Å². The summed E-state index contributed by atoms with van der Waals surface area (Å²) in [6, 6.07) is 5.54. The Balaban J connectivity index is 2.70. The van der Waals surface area contributed by atoms with Gasteiger partial charge in [0, 0.05) is 5.56 Å². The maximum absolute atomic E-state index is 13.1. The molecule has 0 radical (unpaired) electrons. The third-order valence-corrected chi connectivity index (χ3v) is 3.13. The van der Waals surface area contributed by atoms with Crippen molar-refractivity contribution in [2.45, 2.75) is 18.8 Å². The number of halogens is 8. The van der Waals surface area contributed by atoms with Crippen molar-refractivity contribution >= 4 is 0 Å².